The highest BCUT2D eigenvalue weighted by atomic mass is 16.5. The maximum absolute atomic E-state index is 12.3. The van der Waals surface area contributed by atoms with Crippen molar-refractivity contribution in [2.24, 2.45) is 0 Å². The number of nitrogens with zero attached hydrogens (tertiary/aromatic N) is 1. The smallest absolute Gasteiger partial charge is 0.407 e. The van der Waals surface area contributed by atoms with E-state index < -0.39 is 6.09 Å². The van der Waals surface area contributed by atoms with Gasteiger partial charge in [-0.2, -0.15) is 0 Å². The third-order valence-corrected chi connectivity index (χ3v) is 3.80. The molecule has 0 unspecified atom stereocenters. The minimum absolute atomic E-state index is 0.0806. The molecule has 0 radical (unpaired) electrons. The van der Waals surface area contributed by atoms with E-state index in [2.05, 4.69) is 10.6 Å². The van der Waals surface area contributed by atoms with Gasteiger partial charge in [0.1, 0.15) is 6.61 Å². The zero-order valence-electron chi connectivity index (χ0n) is 16.3. The van der Waals surface area contributed by atoms with Crippen molar-refractivity contribution in [3.63, 3.8) is 0 Å². The number of carbonyl (C=O) groups is 3. The van der Waals surface area contributed by atoms with Crippen molar-refractivity contribution in [2.45, 2.75) is 46.1 Å². The van der Waals surface area contributed by atoms with Gasteiger partial charge in [0.05, 0.1) is 6.54 Å². The Morgan fingerprint density at radius 3 is 2.41 bits per heavy atom. The van der Waals surface area contributed by atoms with E-state index in [1.165, 1.54) is 0 Å². The molecule has 0 saturated carbocycles. The van der Waals surface area contributed by atoms with Crippen molar-refractivity contribution in [2.75, 3.05) is 26.2 Å². The van der Waals surface area contributed by atoms with Crippen LogP contribution in [0.3, 0.4) is 0 Å². The van der Waals surface area contributed by atoms with Crippen LogP contribution >= 0.6 is 0 Å². The Morgan fingerprint density at radius 2 is 1.74 bits per heavy atom. The van der Waals surface area contributed by atoms with Crippen molar-refractivity contribution in [3.8, 4) is 0 Å². The summed E-state index contributed by atoms with van der Waals surface area (Å²) in [4.78, 5) is 37.4. The SMILES string of the molecule is CCCNC(=O)CN(CCC)C(=O)CCCNC(=O)OCc1ccccc1. The van der Waals surface area contributed by atoms with E-state index in [-0.39, 0.29) is 31.4 Å². The summed E-state index contributed by atoms with van der Waals surface area (Å²) in [6, 6.07) is 9.42. The molecule has 0 bridgehead atoms. The molecule has 1 aromatic rings. The summed E-state index contributed by atoms with van der Waals surface area (Å²) in [5, 5.41) is 5.42. The Kier molecular flexibility index (Phi) is 11.3. The number of amides is 3. The van der Waals surface area contributed by atoms with E-state index >= 15 is 0 Å². The van der Waals surface area contributed by atoms with Crippen molar-refractivity contribution < 1.29 is 19.1 Å². The molecule has 0 aliphatic carbocycles. The molecule has 0 saturated heterocycles. The highest BCUT2D eigenvalue weighted by Crippen LogP contribution is 2.02. The van der Waals surface area contributed by atoms with Gasteiger partial charge in [0.2, 0.25) is 11.8 Å². The van der Waals surface area contributed by atoms with Gasteiger partial charge in [-0.1, -0.05) is 44.2 Å². The third-order valence-electron chi connectivity index (χ3n) is 3.80. The third kappa shape index (κ3) is 10.2. The van der Waals surface area contributed by atoms with Crippen LogP contribution in [0.2, 0.25) is 0 Å². The Balaban J connectivity index is 2.24. The molecule has 27 heavy (non-hydrogen) atoms. The van der Waals surface area contributed by atoms with E-state index in [0.29, 0.717) is 26.1 Å². The van der Waals surface area contributed by atoms with Gasteiger partial charge in [-0.25, -0.2) is 4.79 Å². The van der Waals surface area contributed by atoms with Crippen LogP contribution in [0.15, 0.2) is 30.3 Å². The average Bonchev–Trinajstić information content (AvgIpc) is 2.68. The monoisotopic (exact) mass is 377 g/mol. The van der Waals surface area contributed by atoms with Crippen LogP contribution in [0.1, 0.15) is 45.1 Å². The lowest BCUT2D eigenvalue weighted by molar-refractivity contribution is -0.136. The molecule has 0 heterocycles. The highest BCUT2D eigenvalue weighted by molar-refractivity contribution is 5.84. The Labute approximate surface area is 161 Å². The maximum Gasteiger partial charge on any atom is 0.407 e. The first kappa shape index (κ1) is 22.5. The molecule has 0 fully saturated rings. The van der Waals surface area contributed by atoms with Crippen molar-refractivity contribution in [1.82, 2.24) is 15.5 Å². The zero-order chi connectivity index (χ0) is 19.9. The Bertz CT molecular complexity index is 578. The van der Waals surface area contributed by atoms with E-state index in [1.54, 1.807) is 4.90 Å². The zero-order valence-corrected chi connectivity index (χ0v) is 16.3. The van der Waals surface area contributed by atoms with Crippen LogP contribution in [0, 0.1) is 0 Å². The largest absolute Gasteiger partial charge is 0.445 e. The molecule has 2 N–H and O–H groups in total. The van der Waals surface area contributed by atoms with Crippen LogP contribution in [0.25, 0.3) is 0 Å². The lowest BCUT2D eigenvalue weighted by Gasteiger charge is -2.21. The lowest BCUT2D eigenvalue weighted by Crippen LogP contribution is -2.41. The second-order valence-corrected chi connectivity index (χ2v) is 6.26. The number of alkyl carbamates (subject to hydrolysis) is 1. The second kappa shape index (κ2) is 13.6. The first-order chi connectivity index (χ1) is 13.1. The highest BCUT2D eigenvalue weighted by Gasteiger charge is 2.16. The van der Waals surface area contributed by atoms with Crippen LogP contribution in [0.5, 0.6) is 0 Å². The normalized spacial score (nSPS) is 10.1. The minimum atomic E-state index is -0.504. The van der Waals surface area contributed by atoms with E-state index in [9.17, 15) is 14.4 Å². The fourth-order valence-electron chi connectivity index (χ4n) is 2.42. The number of hydrogen-bond acceptors (Lipinski definition) is 4. The molecule has 0 aromatic heterocycles. The number of carbonyl (C=O) groups excluding carboxylic acids is 3. The predicted molar refractivity (Wildman–Crippen MR) is 104 cm³/mol. The van der Waals surface area contributed by atoms with Gasteiger partial charge in [-0.3, -0.25) is 9.59 Å². The average molecular weight is 377 g/mol. The van der Waals surface area contributed by atoms with Gasteiger partial charge in [-0.05, 0) is 24.8 Å². The van der Waals surface area contributed by atoms with E-state index in [4.69, 9.17) is 4.74 Å². The summed E-state index contributed by atoms with van der Waals surface area (Å²) < 4.78 is 5.11. The number of hydrogen-bond donors (Lipinski definition) is 2. The summed E-state index contributed by atoms with van der Waals surface area (Å²) in [6.45, 7) is 5.75. The molecule has 3 amide bonds. The first-order valence-electron chi connectivity index (χ1n) is 9.55. The van der Waals surface area contributed by atoms with Crippen LogP contribution in [0.4, 0.5) is 4.79 Å². The van der Waals surface area contributed by atoms with Gasteiger partial charge < -0.3 is 20.3 Å². The minimum Gasteiger partial charge on any atom is -0.445 e. The van der Waals surface area contributed by atoms with Crippen molar-refractivity contribution in [3.05, 3.63) is 35.9 Å². The van der Waals surface area contributed by atoms with Gasteiger partial charge in [0.15, 0.2) is 0 Å². The maximum atomic E-state index is 12.3. The summed E-state index contributed by atoms with van der Waals surface area (Å²) in [5.74, 6) is -0.218. The molecule has 150 valence electrons. The number of ether oxygens (including phenoxy) is 1. The van der Waals surface area contributed by atoms with Gasteiger partial charge >= 0.3 is 6.09 Å². The van der Waals surface area contributed by atoms with Crippen molar-refractivity contribution in [1.29, 1.82) is 0 Å². The van der Waals surface area contributed by atoms with Gasteiger partial charge in [0, 0.05) is 26.1 Å². The number of benzene rings is 1. The second-order valence-electron chi connectivity index (χ2n) is 6.26. The predicted octanol–water partition coefficient (Wildman–Crippen LogP) is 2.46. The van der Waals surface area contributed by atoms with E-state index in [0.717, 1.165) is 18.4 Å². The standard InChI is InChI=1S/C20H31N3O4/c1-3-12-21-18(24)15-23(14-4-2)19(25)11-8-13-22-20(26)27-16-17-9-6-5-7-10-17/h5-7,9-10H,3-4,8,11-16H2,1-2H3,(H,21,24)(H,22,26). The molecular weight excluding hydrogens is 346 g/mol. The molecular formula is C20H31N3O4. The van der Waals surface area contributed by atoms with E-state index in [1.807, 2.05) is 44.2 Å². The molecule has 0 atom stereocenters. The molecule has 1 aromatic carbocycles. The van der Waals surface area contributed by atoms with Gasteiger partial charge in [-0.15, -0.1) is 0 Å². The summed E-state index contributed by atoms with van der Waals surface area (Å²) in [5.41, 5.74) is 0.916. The topological polar surface area (TPSA) is 87.7 Å². The summed E-state index contributed by atoms with van der Waals surface area (Å²) in [7, 11) is 0. The Hall–Kier alpha value is -2.57. The fourth-order valence-corrected chi connectivity index (χ4v) is 2.42. The van der Waals surface area contributed by atoms with Crippen LogP contribution < -0.4 is 10.6 Å². The molecule has 0 spiro atoms. The van der Waals surface area contributed by atoms with Crippen molar-refractivity contribution >= 4 is 17.9 Å². The molecule has 0 aliphatic rings. The Morgan fingerprint density at radius 1 is 1.00 bits per heavy atom. The number of nitrogens with one attached hydrogen (secondary N) is 2. The summed E-state index contributed by atoms with van der Waals surface area (Å²) >= 11 is 0. The lowest BCUT2D eigenvalue weighted by atomic mass is 10.2. The molecule has 7 nitrogen and oxygen atoms in total. The molecule has 7 heteroatoms. The van der Waals surface area contributed by atoms with Gasteiger partial charge in [0.25, 0.3) is 0 Å². The molecule has 1 rings (SSSR count). The fraction of sp³-hybridized carbons (Fsp3) is 0.550. The van der Waals surface area contributed by atoms with Crippen LogP contribution in [-0.2, 0) is 20.9 Å². The number of rotatable bonds is 12. The first-order valence-corrected chi connectivity index (χ1v) is 9.55. The van der Waals surface area contributed by atoms with Crippen LogP contribution in [-0.4, -0.2) is 49.0 Å². The summed E-state index contributed by atoms with van der Waals surface area (Å²) in [6.07, 6.45) is 1.92. The quantitative estimate of drug-likeness (QED) is 0.548. The molecule has 0 aliphatic heterocycles.